The molecule has 1 saturated heterocycles. The first-order chi connectivity index (χ1) is 8.99. The molecule has 5 nitrogen and oxygen atoms in total. The Morgan fingerprint density at radius 2 is 2.21 bits per heavy atom. The van der Waals surface area contributed by atoms with Crippen LogP contribution in [0.3, 0.4) is 0 Å². The van der Waals surface area contributed by atoms with Crippen LogP contribution in [0.4, 0.5) is 14.9 Å². The normalized spacial score (nSPS) is 18.4. The second-order valence-electron chi connectivity index (χ2n) is 4.30. The van der Waals surface area contributed by atoms with Crippen molar-refractivity contribution >= 4 is 29.3 Å². The van der Waals surface area contributed by atoms with E-state index in [2.05, 4.69) is 5.32 Å². The van der Waals surface area contributed by atoms with Crippen LogP contribution in [0.2, 0.25) is 5.02 Å². The number of hydrogen-bond acceptors (Lipinski definition) is 2. The van der Waals surface area contributed by atoms with Crippen LogP contribution < -0.4 is 5.32 Å². The lowest BCUT2D eigenvalue weighted by Gasteiger charge is -2.17. The molecule has 0 bridgehead atoms. The van der Waals surface area contributed by atoms with Gasteiger partial charge >= 0.3 is 12.0 Å². The van der Waals surface area contributed by atoms with Crippen LogP contribution in [-0.4, -0.2) is 35.1 Å². The Balaban J connectivity index is 2.04. The van der Waals surface area contributed by atoms with Crippen LogP contribution >= 0.6 is 11.6 Å². The van der Waals surface area contributed by atoms with E-state index in [-0.39, 0.29) is 17.3 Å². The molecule has 1 fully saturated rings. The molecule has 1 heterocycles. The third kappa shape index (κ3) is 2.96. The minimum Gasteiger partial charge on any atom is -0.481 e. The zero-order chi connectivity index (χ0) is 14.0. The Morgan fingerprint density at radius 3 is 2.79 bits per heavy atom. The fraction of sp³-hybridized carbons (Fsp3) is 0.333. The van der Waals surface area contributed by atoms with E-state index in [4.69, 9.17) is 16.7 Å². The Morgan fingerprint density at radius 1 is 1.47 bits per heavy atom. The molecular weight excluding hydrogens is 275 g/mol. The van der Waals surface area contributed by atoms with Gasteiger partial charge < -0.3 is 15.3 Å². The molecule has 0 aliphatic carbocycles. The van der Waals surface area contributed by atoms with Gasteiger partial charge in [-0.1, -0.05) is 17.7 Å². The number of urea groups is 1. The number of carboxylic acids is 1. The number of carbonyl (C=O) groups excluding carboxylic acids is 1. The molecule has 1 aliphatic heterocycles. The first-order valence-electron chi connectivity index (χ1n) is 5.72. The number of para-hydroxylation sites is 1. The summed E-state index contributed by atoms with van der Waals surface area (Å²) in [5, 5.41) is 11.3. The van der Waals surface area contributed by atoms with E-state index in [1.54, 1.807) is 0 Å². The van der Waals surface area contributed by atoms with Crippen LogP contribution in [0.1, 0.15) is 6.42 Å². The molecule has 1 unspecified atom stereocenters. The SMILES string of the molecule is O=C(O)C1CCN(C(=O)Nc2c(F)cccc2Cl)C1. The molecule has 102 valence electrons. The van der Waals surface area contributed by atoms with Gasteiger partial charge in [0.25, 0.3) is 0 Å². The van der Waals surface area contributed by atoms with Gasteiger partial charge in [-0.15, -0.1) is 0 Å². The predicted molar refractivity (Wildman–Crippen MR) is 67.7 cm³/mol. The van der Waals surface area contributed by atoms with E-state index in [1.807, 2.05) is 0 Å². The largest absolute Gasteiger partial charge is 0.481 e. The number of rotatable bonds is 2. The van der Waals surface area contributed by atoms with Crippen LogP contribution in [0, 0.1) is 11.7 Å². The van der Waals surface area contributed by atoms with Gasteiger partial charge in [0.1, 0.15) is 5.82 Å². The van der Waals surface area contributed by atoms with Gasteiger partial charge in [0.2, 0.25) is 0 Å². The highest BCUT2D eigenvalue weighted by Crippen LogP contribution is 2.26. The lowest BCUT2D eigenvalue weighted by atomic mass is 10.1. The highest BCUT2D eigenvalue weighted by Gasteiger charge is 2.31. The number of likely N-dealkylation sites (tertiary alicyclic amines) is 1. The smallest absolute Gasteiger partial charge is 0.321 e. The van der Waals surface area contributed by atoms with Crippen molar-refractivity contribution in [2.24, 2.45) is 5.92 Å². The lowest BCUT2D eigenvalue weighted by Crippen LogP contribution is -2.34. The highest BCUT2D eigenvalue weighted by atomic mass is 35.5. The Labute approximate surface area is 114 Å². The average Bonchev–Trinajstić information content (AvgIpc) is 2.83. The third-order valence-electron chi connectivity index (χ3n) is 3.02. The molecule has 0 spiro atoms. The van der Waals surface area contributed by atoms with Gasteiger partial charge in [0.15, 0.2) is 0 Å². The molecule has 19 heavy (non-hydrogen) atoms. The molecule has 0 radical (unpaired) electrons. The van der Waals surface area contributed by atoms with Crippen LogP contribution in [0.15, 0.2) is 18.2 Å². The van der Waals surface area contributed by atoms with E-state index in [1.165, 1.54) is 23.1 Å². The van der Waals surface area contributed by atoms with Crippen LogP contribution in [-0.2, 0) is 4.79 Å². The highest BCUT2D eigenvalue weighted by molar-refractivity contribution is 6.33. The molecule has 7 heteroatoms. The third-order valence-corrected chi connectivity index (χ3v) is 3.33. The number of hydrogen-bond donors (Lipinski definition) is 2. The Kier molecular flexibility index (Phi) is 3.90. The first kappa shape index (κ1) is 13.6. The molecule has 1 atom stereocenters. The number of benzene rings is 1. The van der Waals surface area contributed by atoms with E-state index >= 15 is 0 Å². The minimum absolute atomic E-state index is 0.0899. The summed E-state index contributed by atoms with van der Waals surface area (Å²) in [4.78, 5) is 24.0. The van der Waals surface area contributed by atoms with Gasteiger partial charge in [-0.2, -0.15) is 0 Å². The summed E-state index contributed by atoms with van der Waals surface area (Å²) in [5.41, 5.74) is -0.0899. The van der Waals surface area contributed by atoms with Crippen LogP contribution in [0.25, 0.3) is 0 Å². The summed E-state index contributed by atoms with van der Waals surface area (Å²) in [6.45, 7) is 0.447. The van der Waals surface area contributed by atoms with Gasteiger partial charge in [-0.3, -0.25) is 4.79 Å². The molecule has 2 amide bonds. The maximum atomic E-state index is 13.5. The molecule has 0 aromatic heterocycles. The Bertz CT molecular complexity index is 503. The van der Waals surface area contributed by atoms with Crippen molar-refractivity contribution in [3.63, 3.8) is 0 Å². The van der Waals surface area contributed by atoms with Crippen molar-refractivity contribution in [2.75, 3.05) is 18.4 Å². The molecular formula is C12H12ClFN2O3. The van der Waals surface area contributed by atoms with Gasteiger partial charge in [0, 0.05) is 13.1 Å². The molecule has 2 N–H and O–H groups in total. The summed E-state index contributed by atoms with van der Waals surface area (Å²) >= 11 is 5.79. The molecule has 1 aliphatic rings. The van der Waals surface area contributed by atoms with Crippen molar-refractivity contribution in [3.8, 4) is 0 Å². The monoisotopic (exact) mass is 286 g/mol. The van der Waals surface area contributed by atoms with E-state index < -0.39 is 23.7 Å². The molecule has 0 saturated carbocycles. The molecule has 1 aromatic carbocycles. The Hall–Kier alpha value is -1.82. The topological polar surface area (TPSA) is 69.6 Å². The lowest BCUT2D eigenvalue weighted by molar-refractivity contribution is -0.141. The van der Waals surface area contributed by atoms with E-state index in [9.17, 15) is 14.0 Å². The van der Waals surface area contributed by atoms with Crippen molar-refractivity contribution in [1.29, 1.82) is 0 Å². The number of nitrogens with one attached hydrogen (secondary N) is 1. The van der Waals surface area contributed by atoms with Gasteiger partial charge in [-0.05, 0) is 18.6 Å². The number of amides is 2. The van der Waals surface area contributed by atoms with Gasteiger partial charge in [0.05, 0.1) is 16.6 Å². The molecule has 2 rings (SSSR count). The number of halogens is 2. The fourth-order valence-corrected chi connectivity index (χ4v) is 2.16. The van der Waals surface area contributed by atoms with Crippen molar-refractivity contribution in [2.45, 2.75) is 6.42 Å². The average molecular weight is 287 g/mol. The molecule has 1 aromatic rings. The number of anilines is 1. The van der Waals surface area contributed by atoms with Crippen molar-refractivity contribution in [1.82, 2.24) is 4.90 Å². The summed E-state index contributed by atoms with van der Waals surface area (Å²) < 4.78 is 13.5. The predicted octanol–water partition coefficient (Wildman–Crippen LogP) is 2.42. The zero-order valence-electron chi connectivity index (χ0n) is 9.90. The summed E-state index contributed by atoms with van der Waals surface area (Å²) in [5.74, 6) is -2.13. The summed E-state index contributed by atoms with van der Waals surface area (Å²) in [6, 6.07) is 3.54. The maximum absolute atomic E-state index is 13.5. The second kappa shape index (κ2) is 5.44. The van der Waals surface area contributed by atoms with Crippen molar-refractivity contribution < 1.29 is 19.1 Å². The zero-order valence-corrected chi connectivity index (χ0v) is 10.7. The van der Waals surface area contributed by atoms with Gasteiger partial charge in [-0.25, -0.2) is 9.18 Å². The number of nitrogens with zero attached hydrogens (tertiary/aromatic N) is 1. The fourth-order valence-electron chi connectivity index (χ4n) is 1.95. The van der Waals surface area contributed by atoms with Crippen LogP contribution in [0.5, 0.6) is 0 Å². The summed E-state index contributed by atoms with van der Waals surface area (Å²) in [6.07, 6.45) is 0.397. The second-order valence-corrected chi connectivity index (χ2v) is 4.70. The van der Waals surface area contributed by atoms with E-state index in [0.29, 0.717) is 13.0 Å². The minimum atomic E-state index is -0.931. The number of carboxylic acid groups (broad SMARTS) is 1. The first-order valence-corrected chi connectivity index (χ1v) is 6.09. The quantitative estimate of drug-likeness (QED) is 0.877. The summed E-state index contributed by atoms with van der Waals surface area (Å²) in [7, 11) is 0. The standard InChI is InChI=1S/C12H12ClFN2O3/c13-8-2-1-3-9(14)10(8)15-12(19)16-5-4-7(6-16)11(17)18/h1-3,7H,4-6H2,(H,15,19)(H,17,18). The number of aliphatic carboxylic acids is 1. The number of carbonyl (C=O) groups is 2. The van der Waals surface area contributed by atoms with Crippen molar-refractivity contribution in [3.05, 3.63) is 29.0 Å². The maximum Gasteiger partial charge on any atom is 0.321 e. The van der Waals surface area contributed by atoms with E-state index in [0.717, 1.165) is 0 Å².